The van der Waals surface area contributed by atoms with Gasteiger partial charge < -0.3 is 14.0 Å². The van der Waals surface area contributed by atoms with Gasteiger partial charge in [-0.3, -0.25) is 0 Å². The first-order valence-electron chi connectivity index (χ1n) is 7.91. The number of ether oxygens (including phenoxy) is 2. The number of aryl methyl sites for hydroxylation is 1. The van der Waals surface area contributed by atoms with Gasteiger partial charge in [-0.1, -0.05) is 23.2 Å². The molecule has 0 fully saturated rings. The first-order chi connectivity index (χ1) is 11.9. The van der Waals surface area contributed by atoms with E-state index >= 15 is 0 Å². The van der Waals surface area contributed by atoms with Crippen molar-refractivity contribution in [2.45, 2.75) is 32.2 Å². The minimum Gasteiger partial charge on any atom is -0.464 e. The van der Waals surface area contributed by atoms with Gasteiger partial charge in [0.25, 0.3) is 0 Å². The smallest absolute Gasteiger partial charge is 0.344 e. The van der Waals surface area contributed by atoms with Crippen LogP contribution in [-0.4, -0.2) is 29.7 Å². The number of esters is 2. The van der Waals surface area contributed by atoms with Gasteiger partial charge in [-0.2, -0.15) is 0 Å². The topological polar surface area (TPSA) is 57.5 Å². The van der Waals surface area contributed by atoms with Gasteiger partial charge in [0.15, 0.2) is 0 Å². The molecule has 0 amide bonds. The Morgan fingerprint density at radius 1 is 1.20 bits per heavy atom. The number of nitrogens with zero attached hydrogens (tertiary/aromatic N) is 1. The molecule has 0 bridgehead atoms. The first-order valence-corrected chi connectivity index (χ1v) is 9.46. The average Bonchev–Trinajstić information content (AvgIpc) is 3.11. The molecule has 3 rings (SSSR count). The van der Waals surface area contributed by atoms with E-state index in [-0.39, 0.29) is 19.6 Å². The largest absolute Gasteiger partial charge is 0.464 e. The van der Waals surface area contributed by atoms with Gasteiger partial charge in [0.1, 0.15) is 0 Å². The van der Waals surface area contributed by atoms with Crippen molar-refractivity contribution in [2.75, 3.05) is 13.2 Å². The van der Waals surface area contributed by atoms with Crippen molar-refractivity contribution in [3.05, 3.63) is 32.3 Å². The Labute approximate surface area is 163 Å². The zero-order chi connectivity index (χ0) is 18.4. The molecule has 0 spiro atoms. The van der Waals surface area contributed by atoms with Crippen LogP contribution < -0.4 is 0 Å². The van der Waals surface area contributed by atoms with Crippen molar-refractivity contribution in [3.8, 4) is 0 Å². The summed E-state index contributed by atoms with van der Waals surface area (Å²) in [7, 11) is 0. The predicted molar refractivity (Wildman–Crippen MR) is 99.2 cm³/mol. The Morgan fingerprint density at radius 3 is 2.36 bits per heavy atom. The summed E-state index contributed by atoms with van der Waals surface area (Å²) in [5.41, 5.74) is -0.119. The fraction of sp³-hybridized carbons (Fsp3) is 0.412. The molecule has 0 unspecified atom stereocenters. The molecule has 5 nitrogen and oxygen atoms in total. The summed E-state index contributed by atoms with van der Waals surface area (Å²) >= 11 is 16.0. The lowest BCUT2D eigenvalue weighted by Gasteiger charge is -2.28. The van der Waals surface area contributed by atoms with Crippen LogP contribution in [0, 0.1) is 0 Å². The van der Waals surface area contributed by atoms with E-state index in [1.54, 1.807) is 24.5 Å². The molecule has 1 aliphatic rings. The maximum atomic E-state index is 12.8. The molecule has 25 heavy (non-hydrogen) atoms. The molecule has 0 atom stereocenters. The Morgan fingerprint density at radius 2 is 1.80 bits per heavy atom. The highest BCUT2D eigenvalue weighted by Gasteiger charge is 2.55. The van der Waals surface area contributed by atoms with E-state index in [2.05, 4.69) is 15.9 Å². The van der Waals surface area contributed by atoms with Gasteiger partial charge in [0, 0.05) is 15.6 Å². The van der Waals surface area contributed by atoms with Gasteiger partial charge in [-0.15, -0.1) is 0 Å². The molecule has 2 aromatic rings. The second-order valence-electron chi connectivity index (χ2n) is 5.69. The van der Waals surface area contributed by atoms with Crippen molar-refractivity contribution < 1.29 is 19.1 Å². The number of aromatic nitrogens is 1. The van der Waals surface area contributed by atoms with Crippen molar-refractivity contribution in [3.63, 3.8) is 0 Å². The van der Waals surface area contributed by atoms with Gasteiger partial charge in [-0.25, -0.2) is 9.59 Å². The highest BCUT2D eigenvalue weighted by molar-refractivity contribution is 9.10. The van der Waals surface area contributed by atoms with Crippen LogP contribution in [0.4, 0.5) is 0 Å². The van der Waals surface area contributed by atoms with Crippen molar-refractivity contribution >= 4 is 62.0 Å². The number of fused-ring (bicyclic) bond motifs is 3. The molecule has 0 radical (unpaired) electrons. The van der Waals surface area contributed by atoms with Crippen LogP contribution in [0.1, 0.15) is 26.0 Å². The van der Waals surface area contributed by atoms with Crippen LogP contribution in [0.5, 0.6) is 0 Å². The lowest BCUT2D eigenvalue weighted by molar-refractivity contribution is -0.169. The van der Waals surface area contributed by atoms with Crippen LogP contribution in [0.15, 0.2) is 16.6 Å². The van der Waals surface area contributed by atoms with E-state index in [0.717, 1.165) is 5.69 Å². The maximum absolute atomic E-state index is 12.8. The Bertz CT molecular complexity index is 859. The van der Waals surface area contributed by atoms with Crippen LogP contribution in [0.25, 0.3) is 10.9 Å². The number of hydrogen-bond donors (Lipinski definition) is 0. The molecule has 0 saturated heterocycles. The zero-order valence-corrected chi connectivity index (χ0v) is 16.8. The molecule has 0 N–H and O–H groups in total. The molecule has 8 heteroatoms. The molecular formula is C17H16BrCl2NO4. The fourth-order valence-corrected chi connectivity index (χ4v) is 4.51. The minimum absolute atomic E-state index is 0.169. The van der Waals surface area contributed by atoms with Gasteiger partial charge in [-0.05, 0) is 54.8 Å². The number of benzene rings is 1. The highest BCUT2D eigenvalue weighted by atomic mass is 79.9. The second-order valence-corrected chi connectivity index (χ2v) is 7.33. The normalized spacial score (nSPS) is 15.2. The lowest BCUT2D eigenvalue weighted by atomic mass is 9.95. The van der Waals surface area contributed by atoms with Gasteiger partial charge in [0.2, 0.25) is 5.54 Å². The number of carbonyl (C=O) groups excluding carboxylic acids is 2. The third-order valence-electron chi connectivity index (χ3n) is 4.35. The van der Waals surface area contributed by atoms with Crippen molar-refractivity contribution in [2.24, 2.45) is 0 Å². The highest BCUT2D eigenvalue weighted by Crippen LogP contribution is 2.45. The molecule has 0 saturated carbocycles. The molecule has 1 aromatic carbocycles. The number of halogens is 3. The zero-order valence-electron chi connectivity index (χ0n) is 13.7. The van der Waals surface area contributed by atoms with Crippen LogP contribution in [0.3, 0.4) is 0 Å². The van der Waals surface area contributed by atoms with Crippen LogP contribution >= 0.6 is 39.1 Å². The quantitative estimate of drug-likeness (QED) is 0.393. The lowest BCUT2D eigenvalue weighted by Crippen LogP contribution is -2.49. The average molecular weight is 449 g/mol. The van der Waals surface area contributed by atoms with Crippen molar-refractivity contribution in [1.29, 1.82) is 0 Å². The summed E-state index contributed by atoms with van der Waals surface area (Å²) < 4.78 is 12.8. The summed E-state index contributed by atoms with van der Waals surface area (Å²) in [5, 5.41) is 1.44. The van der Waals surface area contributed by atoms with E-state index in [9.17, 15) is 9.59 Å². The minimum atomic E-state index is -1.55. The van der Waals surface area contributed by atoms with E-state index in [1.165, 1.54) is 0 Å². The third kappa shape index (κ3) is 2.66. The molecular weight excluding hydrogens is 433 g/mol. The van der Waals surface area contributed by atoms with Gasteiger partial charge in [0.05, 0.1) is 28.8 Å². The number of hydrogen-bond acceptors (Lipinski definition) is 4. The van der Waals surface area contributed by atoms with E-state index in [1.807, 2.05) is 6.07 Å². The number of rotatable bonds is 4. The van der Waals surface area contributed by atoms with Crippen LogP contribution in [0.2, 0.25) is 10.0 Å². The van der Waals surface area contributed by atoms with Crippen LogP contribution in [-0.2, 0) is 31.0 Å². The number of carbonyl (C=O) groups is 2. The summed E-state index contributed by atoms with van der Waals surface area (Å²) in [5.74, 6) is -1.25. The Hall–Kier alpha value is -1.24. The molecule has 134 valence electrons. The molecule has 1 aliphatic heterocycles. The predicted octanol–water partition coefficient (Wildman–Crippen LogP) is 4.48. The van der Waals surface area contributed by atoms with Gasteiger partial charge >= 0.3 is 11.9 Å². The summed E-state index contributed by atoms with van der Waals surface area (Å²) in [4.78, 5) is 25.7. The second kappa shape index (κ2) is 6.82. The maximum Gasteiger partial charge on any atom is 0.344 e. The first kappa shape index (κ1) is 18.5. The van der Waals surface area contributed by atoms with Crippen molar-refractivity contribution in [1.82, 2.24) is 4.57 Å². The van der Waals surface area contributed by atoms with E-state index in [0.29, 0.717) is 31.8 Å². The summed E-state index contributed by atoms with van der Waals surface area (Å²) in [6.07, 6.45) is 0.801. The Kier molecular flexibility index (Phi) is 5.06. The SMILES string of the molecule is CCOC(=O)C1(C(=O)OCC)CCc2cc3c(Cl)c(Cl)cc(Br)c3n21. The molecule has 0 aliphatic carbocycles. The third-order valence-corrected chi connectivity index (χ3v) is 5.76. The summed E-state index contributed by atoms with van der Waals surface area (Å²) in [6.45, 7) is 3.74. The van der Waals surface area contributed by atoms with E-state index < -0.39 is 17.5 Å². The molecule has 1 aromatic heterocycles. The fourth-order valence-electron chi connectivity index (χ4n) is 3.35. The monoisotopic (exact) mass is 447 g/mol. The van der Waals surface area contributed by atoms with E-state index in [4.69, 9.17) is 32.7 Å². The standard InChI is InChI=1S/C17H16BrCl2NO4/c1-3-24-15(22)17(16(23)25-4-2)6-5-9-7-10-13(20)12(19)8-11(18)14(10)21(9)17/h7-8H,3-6H2,1-2H3. The summed E-state index contributed by atoms with van der Waals surface area (Å²) in [6, 6.07) is 3.51. The molecule has 2 heterocycles. The Balaban J connectivity index is 2.33.